The lowest BCUT2D eigenvalue weighted by atomic mass is 10.0. The molecule has 5 nitrogen and oxygen atoms in total. The van der Waals surface area contributed by atoms with Crippen molar-refractivity contribution in [1.82, 2.24) is 9.88 Å². The number of carbonyl (C=O) groups excluding carboxylic acids is 1. The van der Waals surface area contributed by atoms with Crippen LogP contribution >= 0.6 is 0 Å². The zero-order valence-electron chi connectivity index (χ0n) is 14.4. The normalized spacial score (nSPS) is 11.3. The Balaban J connectivity index is 2.42. The highest BCUT2D eigenvalue weighted by Crippen LogP contribution is 2.25. The molecule has 0 unspecified atom stereocenters. The number of ether oxygens (including phenoxy) is 2. The third-order valence-corrected chi connectivity index (χ3v) is 3.73. The maximum absolute atomic E-state index is 12.2. The van der Waals surface area contributed by atoms with Gasteiger partial charge in [0.1, 0.15) is 5.69 Å². The van der Waals surface area contributed by atoms with Crippen LogP contribution in [0.1, 0.15) is 35.5 Å². The molecule has 0 saturated heterocycles. The molecule has 126 valence electrons. The van der Waals surface area contributed by atoms with Crippen LogP contribution in [-0.4, -0.2) is 49.7 Å². The Bertz CT molecular complexity index is 662. The van der Waals surface area contributed by atoms with Crippen molar-refractivity contribution >= 4 is 16.9 Å². The third kappa shape index (κ3) is 4.33. The second-order valence-corrected chi connectivity index (χ2v) is 5.77. The second kappa shape index (κ2) is 8.13. The number of rotatable bonds is 8. The topological polar surface area (TPSA) is 54.6 Å². The highest BCUT2D eigenvalue weighted by atomic mass is 16.5. The van der Waals surface area contributed by atoms with Crippen molar-refractivity contribution in [3.63, 3.8) is 0 Å². The quantitative estimate of drug-likeness (QED) is 0.760. The molecule has 0 amide bonds. The standard InChI is InChI=1S/C18H26N2O3/c1-5-22-12-13-7-8-16-15(11-13)14(9-10-20(3)4)17(19-16)18(21)23-6-2/h7-8,11,19H,5-6,9-10,12H2,1-4H3. The molecule has 2 aromatic rings. The number of esters is 1. The molecule has 0 radical (unpaired) electrons. The van der Waals surface area contributed by atoms with Crippen LogP contribution in [0.15, 0.2) is 18.2 Å². The van der Waals surface area contributed by atoms with Gasteiger partial charge in [0.05, 0.1) is 13.2 Å². The highest BCUT2D eigenvalue weighted by molar-refractivity contribution is 5.98. The predicted octanol–water partition coefficient (Wildman–Crippen LogP) is 2.99. The fourth-order valence-electron chi connectivity index (χ4n) is 2.58. The van der Waals surface area contributed by atoms with Gasteiger partial charge in [0, 0.05) is 24.1 Å². The zero-order chi connectivity index (χ0) is 16.8. The van der Waals surface area contributed by atoms with E-state index in [0.717, 1.165) is 35.0 Å². The summed E-state index contributed by atoms with van der Waals surface area (Å²) in [6.45, 7) is 6.31. The summed E-state index contributed by atoms with van der Waals surface area (Å²) in [4.78, 5) is 17.6. The van der Waals surface area contributed by atoms with Crippen molar-refractivity contribution in [3.05, 3.63) is 35.0 Å². The summed E-state index contributed by atoms with van der Waals surface area (Å²) < 4.78 is 10.7. The van der Waals surface area contributed by atoms with E-state index in [1.54, 1.807) is 0 Å². The maximum atomic E-state index is 12.2. The van der Waals surface area contributed by atoms with E-state index in [9.17, 15) is 4.79 Å². The number of fused-ring (bicyclic) bond motifs is 1. The summed E-state index contributed by atoms with van der Waals surface area (Å²) in [6.07, 6.45) is 0.791. The van der Waals surface area contributed by atoms with Crippen molar-refractivity contribution in [1.29, 1.82) is 0 Å². The summed E-state index contributed by atoms with van der Waals surface area (Å²) in [5.41, 5.74) is 3.66. The largest absolute Gasteiger partial charge is 0.461 e. The number of nitrogens with one attached hydrogen (secondary N) is 1. The number of hydrogen-bond donors (Lipinski definition) is 1. The Kier molecular flexibility index (Phi) is 6.19. The number of nitrogens with zero attached hydrogens (tertiary/aromatic N) is 1. The molecule has 0 bridgehead atoms. The van der Waals surface area contributed by atoms with E-state index in [2.05, 4.69) is 16.0 Å². The van der Waals surface area contributed by atoms with Crippen molar-refractivity contribution in [2.75, 3.05) is 33.9 Å². The number of carbonyl (C=O) groups is 1. The monoisotopic (exact) mass is 318 g/mol. The van der Waals surface area contributed by atoms with Crippen molar-refractivity contribution < 1.29 is 14.3 Å². The van der Waals surface area contributed by atoms with Gasteiger partial charge in [-0.1, -0.05) is 6.07 Å². The molecule has 0 aliphatic carbocycles. The van der Waals surface area contributed by atoms with Gasteiger partial charge < -0.3 is 19.4 Å². The molecule has 23 heavy (non-hydrogen) atoms. The lowest BCUT2D eigenvalue weighted by Gasteiger charge is -2.10. The third-order valence-electron chi connectivity index (χ3n) is 3.73. The number of benzene rings is 1. The first-order chi connectivity index (χ1) is 11.1. The zero-order valence-corrected chi connectivity index (χ0v) is 14.4. The summed E-state index contributed by atoms with van der Waals surface area (Å²) in [5, 5.41) is 1.08. The fraction of sp³-hybridized carbons (Fsp3) is 0.500. The van der Waals surface area contributed by atoms with Crippen LogP contribution in [-0.2, 0) is 22.5 Å². The molecule has 0 fully saturated rings. The van der Waals surface area contributed by atoms with Gasteiger partial charge in [-0.2, -0.15) is 0 Å². The van der Waals surface area contributed by atoms with E-state index >= 15 is 0 Å². The van der Waals surface area contributed by atoms with Gasteiger partial charge in [-0.3, -0.25) is 0 Å². The van der Waals surface area contributed by atoms with Gasteiger partial charge in [-0.25, -0.2) is 4.79 Å². The smallest absolute Gasteiger partial charge is 0.355 e. The van der Waals surface area contributed by atoms with E-state index in [4.69, 9.17) is 9.47 Å². The Hall–Kier alpha value is -1.85. The van der Waals surface area contributed by atoms with E-state index in [-0.39, 0.29) is 5.97 Å². The molecule has 1 N–H and O–H groups in total. The molecule has 0 saturated carbocycles. The Morgan fingerprint density at radius 1 is 1.22 bits per heavy atom. The number of likely N-dealkylation sites (N-methyl/N-ethyl adjacent to an activating group) is 1. The van der Waals surface area contributed by atoms with E-state index in [1.807, 2.05) is 40.1 Å². The van der Waals surface area contributed by atoms with Crippen molar-refractivity contribution in [2.24, 2.45) is 0 Å². The Morgan fingerprint density at radius 3 is 2.65 bits per heavy atom. The maximum Gasteiger partial charge on any atom is 0.355 e. The minimum atomic E-state index is -0.288. The van der Waals surface area contributed by atoms with Gasteiger partial charge in [0.2, 0.25) is 0 Å². The predicted molar refractivity (Wildman–Crippen MR) is 91.8 cm³/mol. The fourth-order valence-corrected chi connectivity index (χ4v) is 2.58. The molecular weight excluding hydrogens is 292 g/mol. The highest BCUT2D eigenvalue weighted by Gasteiger charge is 2.19. The van der Waals surface area contributed by atoms with Crippen molar-refractivity contribution in [2.45, 2.75) is 26.9 Å². The molecule has 0 spiro atoms. The minimum Gasteiger partial charge on any atom is -0.461 e. The van der Waals surface area contributed by atoms with Crippen LogP contribution in [0.3, 0.4) is 0 Å². The molecule has 1 aromatic heterocycles. The Labute approximate surface area is 137 Å². The average molecular weight is 318 g/mol. The lowest BCUT2D eigenvalue weighted by molar-refractivity contribution is 0.0519. The van der Waals surface area contributed by atoms with E-state index in [1.165, 1.54) is 0 Å². The number of aromatic amines is 1. The first-order valence-corrected chi connectivity index (χ1v) is 8.09. The first kappa shape index (κ1) is 17.5. The van der Waals surface area contributed by atoms with Crippen LogP contribution in [0.5, 0.6) is 0 Å². The number of hydrogen-bond acceptors (Lipinski definition) is 4. The SMILES string of the molecule is CCOCc1ccc2[nH]c(C(=O)OCC)c(CCN(C)C)c2c1. The molecule has 0 aliphatic heterocycles. The summed E-state index contributed by atoms with van der Waals surface area (Å²) in [7, 11) is 4.05. The van der Waals surface area contributed by atoms with Crippen LogP contribution in [0.25, 0.3) is 10.9 Å². The molecule has 1 heterocycles. The van der Waals surface area contributed by atoms with Gasteiger partial charge in [0.25, 0.3) is 0 Å². The summed E-state index contributed by atoms with van der Waals surface area (Å²) in [5.74, 6) is -0.288. The lowest BCUT2D eigenvalue weighted by Crippen LogP contribution is -2.17. The van der Waals surface area contributed by atoms with Crippen LogP contribution < -0.4 is 0 Å². The molecule has 2 rings (SSSR count). The Morgan fingerprint density at radius 2 is 2.00 bits per heavy atom. The van der Waals surface area contributed by atoms with Crippen molar-refractivity contribution in [3.8, 4) is 0 Å². The molecule has 0 aliphatic rings. The van der Waals surface area contributed by atoms with Crippen LogP contribution in [0, 0.1) is 0 Å². The second-order valence-electron chi connectivity index (χ2n) is 5.77. The molecule has 1 aromatic carbocycles. The number of aromatic nitrogens is 1. The summed E-state index contributed by atoms with van der Waals surface area (Å²) >= 11 is 0. The minimum absolute atomic E-state index is 0.288. The number of H-pyrrole nitrogens is 1. The average Bonchev–Trinajstić information content (AvgIpc) is 2.89. The summed E-state index contributed by atoms with van der Waals surface area (Å²) in [6, 6.07) is 6.14. The van der Waals surface area contributed by atoms with Gasteiger partial charge in [-0.05, 0) is 57.6 Å². The van der Waals surface area contributed by atoms with Gasteiger partial charge >= 0.3 is 5.97 Å². The molecular formula is C18H26N2O3. The first-order valence-electron chi connectivity index (χ1n) is 8.09. The molecule has 0 atom stereocenters. The van der Waals surface area contributed by atoms with Crippen LogP contribution in [0.2, 0.25) is 0 Å². The van der Waals surface area contributed by atoms with E-state index in [0.29, 0.717) is 25.5 Å². The molecule has 5 heteroatoms. The van der Waals surface area contributed by atoms with Gasteiger partial charge in [0.15, 0.2) is 0 Å². The van der Waals surface area contributed by atoms with E-state index < -0.39 is 0 Å². The van der Waals surface area contributed by atoms with Crippen LogP contribution in [0.4, 0.5) is 0 Å². The van der Waals surface area contributed by atoms with Gasteiger partial charge in [-0.15, -0.1) is 0 Å².